The van der Waals surface area contributed by atoms with Crippen molar-refractivity contribution in [1.29, 1.82) is 0 Å². The quantitative estimate of drug-likeness (QED) is 0.528. The van der Waals surface area contributed by atoms with Crippen molar-refractivity contribution >= 4 is 17.1 Å². The van der Waals surface area contributed by atoms with E-state index in [0.29, 0.717) is 18.8 Å². The minimum absolute atomic E-state index is 0.117. The summed E-state index contributed by atoms with van der Waals surface area (Å²) in [4.78, 5) is 18.2. The summed E-state index contributed by atoms with van der Waals surface area (Å²) in [6.07, 6.45) is 3.40. The van der Waals surface area contributed by atoms with E-state index in [0.717, 1.165) is 39.1 Å². The van der Waals surface area contributed by atoms with Crippen molar-refractivity contribution in [3.05, 3.63) is 47.8 Å². The van der Waals surface area contributed by atoms with Crippen molar-refractivity contribution in [2.24, 2.45) is 0 Å². The first-order valence-corrected chi connectivity index (χ1v) is 10.4. The van der Waals surface area contributed by atoms with E-state index in [2.05, 4.69) is 41.3 Å². The molecule has 1 aliphatic rings. The predicted molar refractivity (Wildman–Crippen MR) is 120 cm³/mol. The minimum Gasteiger partial charge on any atom is -0.494 e. The Balaban J connectivity index is 1.52. The van der Waals surface area contributed by atoms with Gasteiger partial charge < -0.3 is 14.4 Å². The number of nitrogens with one attached hydrogen (secondary N) is 1. The van der Waals surface area contributed by atoms with Crippen LogP contribution in [-0.2, 0) is 4.74 Å². The number of amides is 1. The fourth-order valence-corrected chi connectivity index (χ4v) is 4.05. The smallest absolute Gasteiger partial charge is 0.409 e. The number of rotatable bonds is 4. The summed E-state index contributed by atoms with van der Waals surface area (Å²) in [5, 5.41) is 12.1. The molecule has 9 nitrogen and oxygen atoms in total. The number of carbonyl (C=O) groups excluding carboxylic acids is 1. The number of carbonyl (C=O) groups is 1. The van der Waals surface area contributed by atoms with Gasteiger partial charge in [-0.1, -0.05) is 18.2 Å². The first-order valence-electron chi connectivity index (χ1n) is 10.4. The van der Waals surface area contributed by atoms with Crippen LogP contribution in [0.1, 0.15) is 17.2 Å². The molecule has 0 radical (unpaired) electrons. The van der Waals surface area contributed by atoms with Gasteiger partial charge in [-0.25, -0.2) is 9.78 Å². The molecule has 5 rings (SSSR count). The lowest BCUT2D eigenvalue weighted by atomic mass is 9.99. The molecule has 4 aromatic rings. The number of hydrogen-bond donors (Lipinski definition) is 1. The standard InChI is InChI=1S/C23H24N6O3/c1-13-6-5-7-17(14(13)2)21-19(31-3)8-18-22(25-21)20(27-26-18)15-9-24-29(10-15)16-11-28(12-16)23(30)32-4/h5-10,16H,11-12H2,1-4H3,(H,26,27). The third-order valence-electron chi connectivity index (χ3n) is 6.12. The third-order valence-corrected chi connectivity index (χ3v) is 6.12. The van der Waals surface area contributed by atoms with E-state index in [1.807, 2.05) is 23.0 Å². The van der Waals surface area contributed by atoms with Gasteiger partial charge in [0.15, 0.2) is 0 Å². The molecule has 9 heteroatoms. The van der Waals surface area contributed by atoms with Crippen LogP contribution in [0.3, 0.4) is 0 Å². The van der Waals surface area contributed by atoms with E-state index >= 15 is 0 Å². The lowest BCUT2D eigenvalue weighted by Crippen LogP contribution is -2.50. The molecule has 0 spiro atoms. The van der Waals surface area contributed by atoms with Crippen LogP contribution in [0.25, 0.3) is 33.5 Å². The van der Waals surface area contributed by atoms with Gasteiger partial charge in [-0.05, 0) is 25.0 Å². The van der Waals surface area contributed by atoms with E-state index in [1.54, 1.807) is 18.2 Å². The highest BCUT2D eigenvalue weighted by Gasteiger charge is 2.33. The molecule has 4 heterocycles. The van der Waals surface area contributed by atoms with Crippen LogP contribution >= 0.6 is 0 Å². The molecule has 0 atom stereocenters. The van der Waals surface area contributed by atoms with E-state index in [9.17, 15) is 4.79 Å². The zero-order valence-electron chi connectivity index (χ0n) is 18.4. The lowest BCUT2D eigenvalue weighted by Gasteiger charge is -2.37. The number of aromatic amines is 1. The maximum absolute atomic E-state index is 11.6. The number of benzene rings is 1. The van der Waals surface area contributed by atoms with Crippen LogP contribution in [0.15, 0.2) is 36.7 Å². The number of aromatic nitrogens is 5. The SMILES string of the molecule is COC(=O)N1CC(n2cc(-c3n[nH]c4cc(OC)c(-c5cccc(C)c5C)nc34)cn2)C1. The van der Waals surface area contributed by atoms with E-state index < -0.39 is 0 Å². The molecule has 3 aromatic heterocycles. The van der Waals surface area contributed by atoms with Gasteiger partial charge in [0.1, 0.15) is 22.7 Å². The van der Waals surface area contributed by atoms with Gasteiger partial charge in [0.25, 0.3) is 0 Å². The number of H-pyrrole nitrogens is 1. The van der Waals surface area contributed by atoms with E-state index in [4.69, 9.17) is 14.5 Å². The van der Waals surface area contributed by atoms with Gasteiger partial charge in [0.2, 0.25) is 0 Å². The van der Waals surface area contributed by atoms with Crippen molar-refractivity contribution in [2.75, 3.05) is 27.3 Å². The molecule has 1 amide bonds. The van der Waals surface area contributed by atoms with Crippen molar-refractivity contribution in [3.63, 3.8) is 0 Å². The first kappa shape index (κ1) is 20.0. The Morgan fingerprint density at radius 2 is 2.00 bits per heavy atom. The second-order valence-corrected chi connectivity index (χ2v) is 7.99. The Morgan fingerprint density at radius 1 is 1.19 bits per heavy atom. The average Bonchev–Trinajstić information content (AvgIpc) is 3.40. The number of ether oxygens (including phenoxy) is 2. The monoisotopic (exact) mass is 432 g/mol. The fourth-order valence-electron chi connectivity index (χ4n) is 4.05. The van der Waals surface area contributed by atoms with Crippen LogP contribution in [0.4, 0.5) is 4.79 Å². The molecule has 1 aliphatic heterocycles. The second-order valence-electron chi connectivity index (χ2n) is 7.99. The predicted octanol–water partition coefficient (Wildman–Crippen LogP) is 3.74. The summed E-state index contributed by atoms with van der Waals surface area (Å²) in [5.74, 6) is 0.689. The maximum atomic E-state index is 11.6. The number of fused-ring (bicyclic) bond motifs is 1. The second kappa shape index (κ2) is 7.67. The van der Waals surface area contributed by atoms with Crippen molar-refractivity contribution in [3.8, 4) is 28.3 Å². The highest BCUT2D eigenvalue weighted by atomic mass is 16.5. The Hall–Kier alpha value is -3.88. The van der Waals surface area contributed by atoms with Gasteiger partial charge >= 0.3 is 6.09 Å². The Bertz CT molecular complexity index is 1320. The minimum atomic E-state index is -0.316. The molecule has 164 valence electrons. The van der Waals surface area contributed by atoms with Crippen LogP contribution in [0.2, 0.25) is 0 Å². The highest BCUT2D eigenvalue weighted by Crippen LogP contribution is 2.36. The fraction of sp³-hybridized carbons (Fsp3) is 0.304. The number of likely N-dealkylation sites (tertiary alicyclic amines) is 1. The van der Waals surface area contributed by atoms with Crippen molar-refractivity contribution in [2.45, 2.75) is 19.9 Å². The summed E-state index contributed by atoms with van der Waals surface area (Å²) in [6.45, 7) is 5.32. The summed E-state index contributed by atoms with van der Waals surface area (Å²) < 4.78 is 12.3. The van der Waals surface area contributed by atoms with Crippen LogP contribution in [0.5, 0.6) is 5.75 Å². The zero-order valence-corrected chi connectivity index (χ0v) is 18.4. The summed E-state index contributed by atoms with van der Waals surface area (Å²) >= 11 is 0. The zero-order chi connectivity index (χ0) is 22.4. The Morgan fingerprint density at radius 3 is 2.75 bits per heavy atom. The normalized spacial score (nSPS) is 13.9. The summed E-state index contributed by atoms with van der Waals surface area (Å²) in [5.41, 5.74) is 7.30. The van der Waals surface area contributed by atoms with Crippen molar-refractivity contribution < 1.29 is 14.3 Å². The molecule has 32 heavy (non-hydrogen) atoms. The molecular formula is C23H24N6O3. The summed E-state index contributed by atoms with van der Waals surface area (Å²) in [7, 11) is 3.04. The molecule has 1 aromatic carbocycles. The van der Waals surface area contributed by atoms with Crippen LogP contribution < -0.4 is 4.74 Å². The maximum Gasteiger partial charge on any atom is 0.409 e. The molecule has 0 unspecified atom stereocenters. The largest absolute Gasteiger partial charge is 0.494 e. The molecule has 0 saturated carbocycles. The topological polar surface area (TPSA) is 98.2 Å². The highest BCUT2D eigenvalue weighted by molar-refractivity contribution is 5.92. The molecule has 1 fully saturated rings. The van der Waals surface area contributed by atoms with Gasteiger partial charge in [0.05, 0.1) is 32.0 Å². The molecule has 1 N–H and O–H groups in total. The van der Waals surface area contributed by atoms with Gasteiger partial charge in [-0.3, -0.25) is 9.78 Å². The number of nitrogens with zero attached hydrogens (tertiary/aromatic N) is 5. The number of methoxy groups -OCH3 is 2. The Labute approximate surface area is 185 Å². The average molecular weight is 432 g/mol. The molecular weight excluding hydrogens is 408 g/mol. The van der Waals surface area contributed by atoms with Crippen LogP contribution in [-0.4, -0.2) is 63.3 Å². The lowest BCUT2D eigenvalue weighted by molar-refractivity contribution is 0.0675. The third kappa shape index (κ3) is 3.17. The number of hydrogen-bond acceptors (Lipinski definition) is 6. The first-order chi connectivity index (χ1) is 15.5. The summed E-state index contributed by atoms with van der Waals surface area (Å²) in [6, 6.07) is 8.22. The van der Waals surface area contributed by atoms with Crippen molar-refractivity contribution in [1.82, 2.24) is 29.9 Å². The Kier molecular flexibility index (Phi) is 4.80. The number of pyridine rings is 1. The van der Waals surface area contributed by atoms with Gasteiger partial charge in [0, 0.05) is 36.5 Å². The van der Waals surface area contributed by atoms with E-state index in [-0.39, 0.29) is 12.1 Å². The molecule has 0 aliphatic carbocycles. The number of aryl methyl sites for hydroxylation is 1. The van der Waals surface area contributed by atoms with Gasteiger partial charge in [-0.15, -0.1) is 0 Å². The van der Waals surface area contributed by atoms with Crippen LogP contribution in [0, 0.1) is 13.8 Å². The van der Waals surface area contributed by atoms with E-state index in [1.165, 1.54) is 12.7 Å². The molecule has 0 bridgehead atoms. The molecule has 1 saturated heterocycles. The van der Waals surface area contributed by atoms with Gasteiger partial charge in [-0.2, -0.15) is 10.2 Å².